The summed E-state index contributed by atoms with van der Waals surface area (Å²) in [5.74, 6) is 6.44. The van der Waals surface area contributed by atoms with Gasteiger partial charge in [-0.2, -0.15) is 0 Å². The first-order chi connectivity index (χ1) is 12.7. The van der Waals surface area contributed by atoms with E-state index in [1.54, 1.807) is 0 Å². The van der Waals surface area contributed by atoms with Gasteiger partial charge < -0.3 is 4.90 Å². The topological polar surface area (TPSA) is 3.24 Å². The standard InChI is InChI=1S/C25H21N/c1-4-25(22-8-6-5-7-9-22)23-16-12-20(13-17-23)10-11-21-14-18-24(19-15-21)26(2)3/h5-9,12-19H,1H2,2-3H3. The molecular weight excluding hydrogens is 314 g/mol. The zero-order valence-corrected chi connectivity index (χ0v) is 15.2. The van der Waals surface area contributed by atoms with E-state index in [1.165, 1.54) is 5.69 Å². The van der Waals surface area contributed by atoms with Crippen molar-refractivity contribution in [2.45, 2.75) is 0 Å². The van der Waals surface area contributed by atoms with Crippen molar-refractivity contribution in [2.24, 2.45) is 0 Å². The molecule has 3 rings (SSSR count). The molecule has 0 fully saturated rings. The van der Waals surface area contributed by atoms with Crippen molar-refractivity contribution < 1.29 is 0 Å². The highest BCUT2D eigenvalue weighted by atomic mass is 15.1. The van der Waals surface area contributed by atoms with Crippen LogP contribution < -0.4 is 4.90 Å². The second-order valence-corrected chi connectivity index (χ2v) is 6.19. The molecule has 0 aliphatic rings. The first kappa shape index (κ1) is 17.4. The van der Waals surface area contributed by atoms with Crippen LogP contribution >= 0.6 is 0 Å². The van der Waals surface area contributed by atoms with Crippen LogP contribution in [-0.2, 0) is 0 Å². The number of anilines is 1. The van der Waals surface area contributed by atoms with Crippen LogP contribution in [0.5, 0.6) is 0 Å². The molecule has 26 heavy (non-hydrogen) atoms. The van der Waals surface area contributed by atoms with Crippen LogP contribution in [-0.4, -0.2) is 14.1 Å². The van der Waals surface area contributed by atoms with E-state index in [0.717, 1.165) is 27.8 Å². The quantitative estimate of drug-likeness (QED) is 0.459. The van der Waals surface area contributed by atoms with Gasteiger partial charge in [0.05, 0.1) is 0 Å². The van der Waals surface area contributed by atoms with Crippen molar-refractivity contribution in [3.05, 3.63) is 113 Å². The fourth-order valence-electron chi connectivity index (χ4n) is 2.68. The van der Waals surface area contributed by atoms with E-state index >= 15 is 0 Å². The number of nitrogens with zero attached hydrogens (tertiary/aromatic N) is 1. The highest BCUT2D eigenvalue weighted by Crippen LogP contribution is 2.22. The van der Waals surface area contributed by atoms with E-state index in [-0.39, 0.29) is 0 Å². The zero-order chi connectivity index (χ0) is 18.4. The Morgan fingerprint density at radius 1 is 0.692 bits per heavy atom. The van der Waals surface area contributed by atoms with Gasteiger partial charge in [-0.15, -0.1) is 5.73 Å². The van der Waals surface area contributed by atoms with Crippen molar-refractivity contribution in [2.75, 3.05) is 19.0 Å². The lowest BCUT2D eigenvalue weighted by atomic mass is 9.98. The number of hydrogen-bond donors (Lipinski definition) is 0. The van der Waals surface area contributed by atoms with Crippen molar-refractivity contribution in [3.63, 3.8) is 0 Å². The van der Waals surface area contributed by atoms with Crippen LogP contribution in [0.25, 0.3) is 5.57 Å². The molecule has 0 aromatic heterocycles. The molecule has 126 valence electrons. The van der Waals surface area contributed by atoms with Gasteiger partial charge in [0.1, 0.15) is 0 Å². The van der Waals surface area contributed by atoms with E-state index in [1.807, 2.05) is 56.6 Å². The highest BCUT2D eigenvalue weighted by molar-refractivity contribution is 5.79. The highest BCUT2D eigenvalue weighted by Gasteiger charge is 2.03. The summed E-state index contributed by atoms with van der Waals surface area (Å²) in [5.41, 5.74) is 9.43. The lowest BCUT2D eigenvalue weighted by Crippen LogP contribution is -2.07. The smallest absolute Gasteiger partial charge is 0.0361 e. The maximum Gasteiger partial charge on any atom is 0.0361 e. The Balaban J connectivity index is 1.79. The van der Waals surface area contributed by atoms with Gasteiger partial charge in [-0.1, -0.05) is 60.9 Å². The van der Waals surface area contributed by atoms with Crippen molar-refractivity contribution in [1.82, 2.24) is 0 Å². The van der Waals surface area contributed by atoms with Gasteiger partial charge in [0.15, 0.2) is 0 Å². The Morgan fingerprint density at radius 2 is 1.19 bits per heavy atom. The minimum absolute atomic E-state index is 0.988. The Labute approximate surface area is 155 Å². The van der Waals surface area contributed by atoms with E-state index < -0.39 is 0 Å². The summed E-state index contributed by atoms with van der Waals surface area (Å²) in [7, 11) is 4.06. The largest absolute Gasteiger partial charge is 0.378 e. The van der Waals surface area contributed by atoms with Crippen LogP contribution in [0.2, 0.25) is 0 Å². The molecule has 0 amide bonds. The molecule has 0 atom stereocenters. The second-order valence-electron chi connectivity index (χ2n) is 6.19. The van der Waals surface area contributed by atoms with Crippen LogP contribution in [0, 0.1) is 11.8 Å². The Morgan fingerprint density at radius 3 is 1.69 bits per heavy atom. The van der Waals surface area contributed by atoms with Crippen molar-refractivity contribution in [1.29, 1.82) is 0 Å². The van der Waals surface area contributed by atoms with Crippen LogP contribution in [0.4, 0.5) is 5.69 Å². The Hall–Kier alpha value is -3.46. The van der Waals surface area contributed by atoms with E-state index in [0.29, 0.717) is 0 Å². The minimum Gasteiger partial charge on any atom is -0.378 e. The third kappa shape index (κ3) is 4.14. The van der Waals surface area contributed by atoms with Crippen LogP contribution in [0.1, 0.15) is 22.3 Å². The molecule has 0 spiro atoms. The summed E-state index contributed by atoms with van der Waals surface area (Å²) < 4.78 is 0. The van der Waals surface area contributed by atoms with Gasteiger partial charge >= 0.3 is 0 Å². The van der Waals surface area contributed by atoms with Gasteiger partial charge in [0, 0.05) is 36.5 Å². The fourth-order valence-corrected chi connectivity index (χ4v) is 2.68. The van der Waals surface area contributed by atoms with Gasteiger partial charge in [-0.25, -0.2) is 0 Å². The Kier molecular flexibility index (Phi) is 5.40. The lowest BCUT2D eigenvalue weighted by molar-refractivity contribution is 1.13. The van der Waals surface area contributed by atoms with Gasteiger partial charge in [0.2, 0.25) is 0 Å². The molecule has 1 heteroatoms. The van der Waals surface area contributed by atoms with Gasteiger partial charge in [-0.05, 0) is 47.5 Å². The third-order valence-electron chi connectivity index (χ3n) is 4.15. The number of benzene rings is 3. The minimum atomic E-state index is 0.988. The fraction of sp³-hybridized carbons (Fsp3) is 0.0800. The third-order valence-corrected chi connectivity index (χ3v) is 4.15. The van der Waals surface area contributed by atoms with E-state index in [4.69, 9.17) is 0 Å². The first-order valence-corrected chi connectivity index (χ1v) is 8.53. The monoisotopic (exact) mass is 335 g/mol. The van der Waals surface area contributed by atoms with E-state index in [2.05, 4.69) is 65.4 Å². The molecule has 0 aliphatic heterocycles. The Bertz CT molecular complexity index is 976. The summed E-state index contributed by atoms with van der Waals surface area (Å²) >= 11 is 0. The molecule has 3 aromatic carbocycles. The van der Waals surface area contributed by atoms with Crippen molar-refractivity contribution >= 4 is 11.3 Å². The summed E-state index contributed by atoms with van der Waals surface area (Å²) in [5, 5.41) is 0. The SMILES string of the molecule is C=C=C(c1ccccc1)c1ccc(C#Cc2ccc(N(C)C)cc2)cc1. The molecule has 0 N–H and O–H groups in total. The molecule has 0 saturated carbocycles. The molecule has 0 unspecified atom stereocenters. The molecule has 0 aliphatic carbocycles. The molecule has 0 bridgehead atoms. The summed E-state index contributed by atoms with van der Waals surface area (Å²) in [6.07, 6.45) is 0. The van der Waals surface area contributed by atoms with Gasteiger partial charge in [-0.3, -0.25) is 0 Å². The first-order valence-electron chi connectivity index (χ1n) is 8.53. The maximum atomic E-state index is 3.84. The average molecular weight is 335 g/mol. The normalized spacial score (nSPS) is 9.62. The lowest BCUT2D eigenvalue weighted by Gasteiger charge is -2.11. The molecule has 0 radical (unpaired) electrons. The van der Waals surface area contributed by atoms with Crippen molar-refractivity contribution in [3.8, 4) is 11.8 Å². The molecule has 1 nitrogen and oxygen atoms in total. The molecule has 3 aromatic rings. The molecule has 0 heterocycles. The predicted molar refractivity (Wildman–Crippen MR) is 111 cm³/mol. The second kappa shape index (κ2) is 8.08. The van der Waals surface area contributed by atoms with Gasteiger partial charge in [0.25, 0.3) is 0 Å². The van der Waals surface area contributed by atoms with E-state index in [9.17, 15) is 0 Å². The number of hydrogen-bond acceptors (Lipinski definition) is 1. The molecular formula is C25H21N. The zero-order valence-electron chi connectivity index (χ0n) is 15.2. The summed E-state index contributed by atoms with van der Waals surface area (Å²) in [6.45, 7) is 3.84. The summed E-state index contributed by atoms with van der Waals surface area (Å²) in [6, 6.07) is 26.7. The summed E-state index contributed by atoms with van der Waals surface area (Å²) in [4.78, 5) is 2.08. The maximum absolute atomic E-state index is 3.84. The van der Waals surface area contributed by atoms with Crippen LogP contribution in [0.15, 0.2) is 91.2 Å². The molecule has 0 saturated heterocycles. The van der Waals surface area contributed by atoms with Crippen LogP contribution in [0.3, 0.4) is 0 Å². The average Bonchev–Trinajstić information content (AvgIpc) is 2.69. The number of rotatable bonds is 3. The predicted octanol–water partition coefficient (Wildman–Crippen LogP) is 5.37.